The van der Waals surface area contributed by atoms with Gasteiger partial charge in [0.25, 0.3) is 5.95 Å². The minimum absolute atomic E-state index is 0.0995. The highest BCUT2D eigenvalue weighted by atomic mass is 16.5. The largest absolute Gasteiger partial charge is 0.462 e. The molecule has 9 heteroatoms. The maximum Gasteiger partial charge on any atom is 0.323 e. The van der Waals surface area contributed by atoms with Crippen LogP contribution in [0.15, 0.2) is 12.7 Å². The highest BCUT2D eigenvalue weighted by Crippen LogP contribution is 2.16. The van der Waals surface area contributed by atoms with E-state index in [-0.39, 0.29) is 12.0 Å². The molecule has 1 fully saturated rings. The third-order valence-electron chi connectivity index (χ3n) is 3.57. The Bertz CT molecular complexity index is 587. The van der Waals surface area contributed by atoms with Crippen LogP contribution in [0.1, 0.15) is 19.3 Å². The molecule has 0 aromatic carbocycles. The van der Waals surface area contributed by atoms with Crippen molar-refractivity contribution in [1.82, 2.24) is 34.6 Å². The van der Waals surface area contributed by atoms with Crippen molar-refractivity contribution < 1.29 is 4.74 Å². The second-order valence-corrected chi connectivity index (χ2v) is 5.06. The lowest BCUT2D eigenvalue weighted by atomic mass is 10.0. The highest BCUT2D eigenvalue weighted by molar-refractivity contribution is 5.23. The summed E-state index contributed by atoms with van der Waals surface area (Å²) in [7, 11) is 2.11. The second kappa shape index (κ2) is 6.00. The Morgan fingerprint density at radius 3 is 3.00 bits per heavy atom. The van der Waals surface area contributed by atoms with E-state index in [1.54, 1.807) is 0 Å². The minimum Gasteiger partial charge on any atom is -0.462 e. The summed E-state index contributed by atoms with van der Waals surface area (Å²) >= 11 is 0. The summed E-state index contributed by atoms with van der Waals surface area (Å²) in [6.45, 7) is 1.63. The maximum absolute atomic E-state index is 5.69. The molecule has 1 aliphatic rings. The molecule has 0 amide bonds. The summed E-state index contributed by atoms with van der Waals surface area (Å²) in [6, 6.07) is 0.596. The Morgan fingerprint density at radius 2 is 2.24 bits per heavy atom. The van der Waals surface area contributed by atoms with Crippen molar-refractivity contribution in [2.45, 2.75) is 25.3 Å². The van der Waals surface area contributed by atoms with Gasteiger partial charge in [-0.05, 0) is 26.4 Å². The van der Waals surface area contributed by atoms with Crippen LogP contribution < -0.4 is 10.5 Å². The molecule has 2 N–H and O–H groups in total. The van der Waals surface area contributed by atoms with Crippen LogP contribution in [0.2, 0.25) is 0 Å². The van der Waals surface area contributed by atoms with Gasteiger partial charge < -0.3 is 15.4 Å². The fraction of sp³-hybridized carbons (Fsp3) is 0.583. The van der Waals surface area contributed by atoms with E-state index in [2.05, 4.69) is 37.0 Å². The molecule has 0 radical (unpaired) electrons. The van der Waals surface area contributed by atoms with E-state index in [1.165, 1.54) is 30.2 Å². The van der Waals surface area contributed by atoms with Crippen LogP contribution in [0.25, 0.3) is 5.95 Å². The van der Waals surface area contributed by atoms with E-state index < -0.39 is 0 Å². The first-order chi connectivity index (χ1) is 10.2. The molecule has 1 saturated heterocycles. The van der Waals surface area contributed by atoms with Crippen molar-refractivity contribution in [2.75, 3.05) is 25.9 Å². The van der Waals surface area contributed by atoms with E-state index in [0.717, 1.165) is 13.0 Å². The molecule has 0 saturated carbocycles. The first-order valence-corrected chi connectivity index (χ1v) is 6.92. The second-order valence-electron chi connectivity index (χ2n) is 5.06. The third kappa shape index (κ3) is 3.24. The van der Waals surface area contributed by atoms with E-state index in [4.69, 9.17) is 10.5 Å². The Labute approximate surface area is 122 Å². The summed E-state index contributed by atoms with van der Waals surface area (Å²) in [5, 5.41) is 3.96. The molecule has 1 aliphatic heterocycles. The predicted octanol–water partition coefficient (Wildman–Crippen LogP) is -0.102. The van der Waals surface area contributed by atoms with Crippen LogP contribution in [-0.4, -0.2) is 60.9 Å². The van der Waals surface area contributed by atoms with Crippen molar-refractivity contribution in [3.8, 4) is 12.0 Å². The first kappa shape index (κ1) is 13.7. The Morgan fingerprint density at radius 1 is 1.33 bits per heavy atom. The molecule has 2 aromatic rings. The van der Waals surface area contributed by atoms with Crippen molar-refractivity contribution in [2.24, 2.45) is 0 Å². The number of ether oxygens (including phenoxy) is 1. The summed E-state index contributed by atoms with van der Waals surface area (Å²) < 4.78 is 7.10. The zero-order valence-corrected chi connectivity index (χ0v) is 11.9. The minimum atomic E-state index is 0.0995. The normalized spacial score (nSPS) is 19.6. The average Bonchev–Trinajstić information content (AvgIpc) is 3.00. The molecule has 1 unspecified atom stereocenters. The number of rotatable bonds is 4. The van der Waals surface area contributed by atoms with Gasteiger partial charge in [0.1, 0.15) is 19.3 Å². The Kier molecular flexibility index (Phi) is 3.91. The molecular weight excluding hydrogens is 272 g/mol. The van der Waals surface area contributed by atoms with Gasteiger partial charge in [0, 0.05) is 6.04 Å². The van der Waals surface area contributed by atoms with Gasteiger partial charge in [-0.3, -0.25) is 0 Å². The number of aromatic nitrogens is 6. The smallest absolute Gasteiger partial charge is 0.323 e. The van der Waals surface area contributed by atoms with Gasteiger partial charge >= 0.3 is 6.01 Å². The van der Waals surface area contributed by atoms with Gasteiger partial charge in [0.2, 0.25) is 5.95 Å². The average molecular weight is 290 g/mol. The molecule has 112 valence electrons. The van der Waals surface area contributed by atoms with Crippen LogP contribution >= 0.6 is 0 Å². The summed E-state index contributed by atoms with van der Waals surface area (Å²) in [4.78, 5) is 18.4. The lowest BCUT2D eigenvalue weighted by molar-refractivity contribution is 0.119. The Balaban J connectivity index is 1.70. The van der Waals surface area contributed by atoms with Crippen LogP contribution in [-0.2, 0) is 0 Å². The number of hydrogen-bond donors (Lipinski definition) is 1. The molecule has 0 aliphatic carbocycles. The van der Waals surface area contributed by atoms with Crippen LogP contribution in [0.4, 0.5) is 5.95 Å². The van der Waals surface area contributed by atoms with Crippen molar-refractivity contribution in [3.63, 3.8) is 0 Å². The summed E-state index contributed by atoms with van der Waals surface area (Å²) in [5.74, 6) is 0.398. The van der Waals surface area contributed by atoms with Crippen LogP contribution in [0, 0.1) is 0 Å². The number of likely N-dealkylation sites (tertiary alicyclic amines) is 1. The lowest BCUT2D eigenvalue weighted by Gasteiger charge is -2.31. The molecule has 21 heavy (non-hydrogen) atoms. The van der Waals surface area contributed by atoms with Crippen LogP contribution in [0.3, 0.4) is 0 Å². The quantitative estimate of drug-likeness (QED) is 0.831. The molecule has 9 nitrogen and oxygen atoms in total. The first-order valence-electron chi connectivity index (χ1n) is 6.92. The lowest BCUT2D eigenvalue weighted by Crippen LogP contribution is -2.40. The van der Waals surface area contributed by atoms with Crippen molar-refractivity contribution in [3.05, 3.63) is 12.7 Å². The van der Waals surface area contributed by atoms with Gasteiger partial charge in [0.05, 0.1) is 0 Å². The molecule has 0 spiro atoms. The molecule has 3 heterocycles. The molecule has 0 bridgehead atoms. The SMILES string of the molecule is CN1CCCCC1COc1nc(N)nc(-n2cncn2)n1. The van der Waals surface area contributed by atoms with Gasteiger partial charge in [0.15, 0.2) is 0 Å². The number of piperidine rings is 1. The van der Waals surface area contributed by atoms with E-state index in [0.29, 0.717) is 18.6 Å². The van der Waals surface area contributed by atoms with Gasteiger partial charge in [-0.15, -0.1) is 0 Å². The molecule has 2 aromatic heterocycles. The zero-order valence-electron chi connectivity index (χ0n) is 11.9. The zero-order chi connectivity index (χ0) is 14.7. The number of likely N-dealkylation sites (N-methyl/N-ethyl adjacent to an activating group) is 1. The topological polar surface area (TPSA) is 108 Å². The van der Waals surface area contributed by atoms with Crippen LogP contribution in [0.5, 0.6) is 6.01 Å². The van der Waals surface area contributed by atoms with E-state index in [9.17, 15) is 0 Å². The fourth-order valence-corrected chi connectivity index (χ4v) is 2.36. The maximum atomic E-state index is 5.69. The summed E-state index contributed by atoms with van der Waals surface area (Å²) in [5.41, 5.74) is 5.69. The summed E-state index contributed by atoms with van der Waals surface area (Å²) in [6.07, 6.45) is 6.47. The Hall–Kier alpha value is -2.29. The molecule has 1 atom stereocenters. The van der Waals surface area contributed by atoms with E-state index >= 15 is 0 Å². The number of hydrogen-bond acceptors (Lipinski definition) is 8. The monoisotopic (exact) mass is 290 g/mol. The van der Waals surface area contributed by atoms with Gasteiger partial charge in [-0.2, -0.15) is 24.7 Å². The standard InChI is InChI=1S/C12H18N8O/c1-19-5-3-2-4-9(19)6-21-12-17-10(13)16-11(18-12)20-8-14-7-15-20/h7-9H,2-6H2,1H3,(H2,13,16,17,18). The number of nitrogens with zero attached hydrogens (tertiary/aromatic N) is 7. The van der Waals surface area contributed by atoms with Gasteiger partial charge in [-0.1, -0.05) is 6.42 Å². The third-order valence-corrected chi connectivity index (χ3v) is 3.57. The van der Waals surface area contributed by atoms with Crippen molar-refractivity contribution >= 4 is 5.95 Å². The van der Waals surface area contributed by atoms with Crippen molar-refractivity contribution in [1.29, 1.82) is 0 Å². The molecular formula is C12H18N8O. The predicted molar refractivity (Wildman–Crippen MR) is 74.9 cm³/mol. The molecule has 3 rings (SSSR count). The number of anilines is 1. The van der Waals surface area contributed by atoms with E-state index in [1.807, 2.05) is 0 Å². The number of nitrogen functional groups attached to an aromatic ring is 1. The van der Waals surface area contributed by atoms with Gasteiger partial charge in [-0.25, -0.2) is 4.98 Å². The fourth-order valence-electron chi connectivity index (χ4n) is 2.36. The highest BCUT2D eigenvalue weighted by Gasteiger charge is 2.20. The number of nitrogens with two attached hydrogens (primary N) is 1.